The lowest BCUT2D eigenvalue weighted by molar-refractivity contribution is -0.155. The smallest absolute Gasteiger partial charge is 0.415 e. The predicted molar refractivity (Wildman–Crippen MR) is 164 cm³/mol. The van der Waals surface area contributed by atoms with E-state index in [1.165, 1.54) is 22.9 Å². The number of rotatable bonds is 10. The van der Waals surface area contributed by atoms with E-state index in [1.807, 2.05) is 6.07 Å². The van der Waals surface area contributed by atoms with Gasteiger partial charge in [-0.2, -0.15) is 0 Å². The van der Waals surface area contributed by atoms with Crippen LogP contribution in [0.25, 0.3) is 11.4 Å². The van der Waals surface area contributed by atoms with Crippen molar-refractivity contribution in [3.8, 4) is 11.4 Å². The Hall–Kier alpha value is -4.75. The Balaban J connectivity index is 1.88. The van der Waals surface area contributed by atoms with Gasteiger partial charge in [-0.3, -0.25) is 19.3 Å². The molecule has 14 nitrogen and oxygen atoms in total. The summed E-state index contributed by atoms with van der Waals surface area (Å²) >= 11 is 0. The average molecular weight is 627 g/mol. The SMILES string of the molecule is CCOC(=O)N1CCN(C(=O)[C@H](CCC(=O)OC(C)(C)C)NC(=O)c2cc(N(C)C(=O)OCC)nc(-c3ccccc3)n2)CC1. The lowest BCUT2D eigenvalue weighted by Crippen LogP contribution is -2.56. The predicted octanol–water partition coefficient (Wildman–Crippen LogP) is 3.26. The highest BCUT2D eigenvalue weighted by Crippen LogP contribution is 2.21. The van der Waals surface area contributed by atoms with Crippen molar-refractivity contribution in [1.82, 2.24) is 25.1 Å². The number of ether oxygens (including phenoxy) is 3. The molecule has 1 aliphatic rings. The number of nitrogens with one attached hydrogen (secondary N) is 1. The first-order valence-corrected chi connectivity index (χ1v) is 14.9. The van der Waals surface area contributed by atoms with Crippen LogP contribution in [0.5, 0.6) is 0 Å². The zero-order chi connectivity index (χ0) is 33.1. The van der Waals surface area contributed by atoms with Gasteiger partial charge >= 0.3 is 18.2 Å². The van der Waals surface area contributed by atoms with Crippen molar-refractivity contribution in [3.05, 3.63) is 42.1 Å². The third kappa shape index (κ3) is 10.2. The maximum atomic E-state index is 13.7. The monoisotopic (exact) mass is 626 g/mol. The molecule has 1 fully saturated rings. The van der Waals surface area contributed by atoms with Crippen LogP contribution in [0.4, 0.5) is 15.4 Å². The molecule has 1 N–H and O–H groups in total. The fraction of sp³-hybridized carbons (Fsp3) is 0.516. The van der Waals surface area contributed by atoms with Crippen molar-refractivity contribution in [2.75, 3.05) is 51.3 Å². The second-order valence-corrected chi connectivity index (χ2v) is 11.2. The number of aromatic nitrogens is 2. The van der Waals surface area contributed by atoms with Crippen molar-refractivity contribution >= 4 is 35.8 Å². The van der Waals surface area contributed by atoms with Gasteiger partial charge in [-0.1, -0.05) is 30.3 Å². The normalized spacial score (nSPS) is 13.8. The van der Waals surface area contributed by atoms with Crippen LogP contribution in [-0.2, 0) is 23.8 Å². The molecule has 1 aliphatic heterocycles. The largest absolute Gasteiger partial charge is 0.460 e. The van der Waals surface area contributed by atoms with E-state index in [2.05, 4.69) is 15.3 Å². The summed E-state index contributed by atoms with van der Waals surface area (Å²) in [5.41, 5.74) is -0.223. The Morgan fingerprint density at radius 1 is 0.933 bits per heavy atom. The molecular weight excluding hydrogens is 584 g/mol. The first-order valence-electron chi connectivity index (χ1n) is 14.9. The maximum absolute atomic E-state index is 13.7. The minimum atomic E-state index is -1.11. The molecular formula is C31H42N6O8. The molecule has 45 heavy (non-hydrogen) atoms. The van der Waals surface area contributed by atoms with Crippen LogP contribution in [0, 0.1) is 0 Å². The van der Waals surface area contributed by atoms with Gasteiger partial charge in [-0.05, 0) is 41.0 Å². The van der Waals surface area contributed by atoms with Gasteiger partial charge in [-0.15, -0.1) is 0 Å². The van der Waals surface area contributed by atoms with Gasteiger partial charge in [-0.25, -0.2) is 19.6 Å². The molecule has 1 aromatic heterocycles. The van der Waals surface area contributed by atoms with E-state index >= 15 is 0 Å². The summed E-state index contributed by atoms with van der Waals surface area (Å²) in [4.78, 5) is 77.7. The number of esters is 1. The summed E-state index contributed by atoms with van der Waals surface area (Å²) < 4.78 is 15.6. The van der Waals surface area contributed by atoms with Gasteiger partial charge in [0.2, 0.25) is 5.91 Å². The van der Waals surface area contributed by atoms with Gasteiger partial charge in [0, 0.05) is 51.3 Å². The van der Waals surface area contributed by atoms with Crippen LogP contribution < -0.4 is 10.2 Å². The molecule has 0 unspecified atom stereocenters. The van der Waals surface area contributed by atoms with E-state index in [-0.39, 0.29) is 69.6 Å². The van der Waals surface area contributed by atoms with Gasteiger partial charge in [0.1, 0.15) is 23.2 Å². The highest BCUT2D eigenvalue weighted by atomic mass is 16.6. The Kier molecular flexibility index (Phi) is 12.2. The zero-order valence-corrected chi connectivity index (χ0v) is 26.7. The van der Waals surface area contributed by atoms with Crippen molar-refractivity contribution in [1.29, 1.82) is 0 Å². The van der Waals surface area contributed by atoms with E-state index in [0.29, 0.717) is 5.56 Å². The summed E-state index contributed by atoms with van der Waals surface area (Å²) in [5.74, 6) is -1.36. The summed E-state index contributed by atoms with van der Waals surface area (Å²) in [6.07, 6.45) is -1.30. The molecule has 14 heteroatoms. The Labute approximate surface area is 263 Å². The Bertz CT molecular complexity index is 1360. The molecule has 3 rings (SSSR count). The molecule has 0 aliphatic carbocycles. The van der Waals surface area contributed by atoms with Crippen LogP contribution in [0.1, 0.15) is 57.9 Å². The quantitative estimate of drug-likeness (QED) is 0.306. The van der Waals surface area contributed by atoms with Crippen molar-refractivity contribution in [3.63, 3.8) is 0 Å². The number of benzene rings is 1. The maximum Gasteiger partial charge on any atom is 0.415 e. The molecule has 1 aromatic carbocycles. The number of nitrogens with zero attached hydrogens (tertiary/aromatic N) is 5. The van der Waals surface area contributed by atoms with Crippen molar-refractivity contribution in [2.24, 2.45) is 0 Å². The van der Waals surface area contributed by atoms with Gasteiger partial charge in [0.05, 0.1) is 13.2 Å². The second kappa shape index (κ2) is 15.8. The van der Waals surface area contributed by atoms with E-state index in [9.17, 15) is 24.0 Å². The Morgan fingerprint density at radius 2 is 1.56 bits per heavy atom. The van der Waals surface area contributed by atoms with Crippen LogP contribution in [0.15, 0.2) is 36.4 Å². The number of anilines is 1. The molecule has 2 heterocycles. The highest BCUT2D eigenvalue weighted by Gasteiger charge is 2.32. The fourth-order valence-electron chi connectivity index (χ4n) is 4.44. The van der Waals surface area contributed by atoms with Crippen LogP contribution in [0.2, 0.25) is 0 Å². The topological polar surface area (TPSA) is 161 Å². The summed E-state index contributed by atoms with van der Waals surface area (Å²) in [6, 6.07) is 9.12. The summed E-state index contributed by atoms with van der Waals surface area (Å²) in [7, 11) is 1.46. The Morgan fingerprint density at radius 3 is 2.16 bits per heavy atom. The average Bonchev–Trinajstić information content (AvgIpc) is 3.01. The minimum Gasteiger partial charge on any atom is -0.460 e. The standard InChI is InChI=1S/C31H42N6O8/c1-7-43-29(41)35(6)24-20-23(32-26(34-24)21-12-10-9-11-13-21)27(39)33-22(14-15-25(38)45-31(3,4)5)28(40)36-16-18-37(19-17-36)30(42)44-8-2/h9-13,20,22H,7-8,14-19H2,1-6H3,(H,33,39)/t22-/m0/s1. The lowest BCUT2D eigenvalue weighted by atomic mass is 10.1. The molecule has 1 saturated heterocycles. The fourth-order valence-corrected chi connectivity index (χ4v) is 4.44. The van der Waals surface area contributed by atoms with E-state index in [0.717, 1.165) is 4.90 Å². The first kappa shape index (κ1) is 34.7. The third-order valence-electron chi connectivity index (χ3n) is 6.64. The molecule has 1 atom stereocenters. The van der Waals surface area contributed by atoms with Gasteiger partial charge < -0.3 is 29.3 Å². The molecule has 2 aromatic rings. The van der Waals surface area contributed by atoms with Crippen molar-refractivity contribution in [2.45, 2.75) is 59.1 Å². The first-order chi connectivity index (χ1) is 21.3. The molecule has 0 saturated carbocycles. The molecule has 0 bridgehead atoms. The summed E-state index contributed by atoms with van der Waals surface area (Å²) in [6.45, 7) is 9.94. The number of carbonyl (C=O) groups excluding carboxylic acids is 5. The zero-order valence-electron chi connectivity index (χ0n) is 26.7. The number of hydrogen-bond donors (Lipinski definition) is 1. The number of hydrogen-bond acceptors (Lipinski definition) is 10. The summed E-state index contributed by atoms with van der Waals surface area (Å²) in [5, 5.41) is 2.73. The van der Waals surface area contributed by atoms with Gasteiger partial charge in [0.15, 0.2) is 5.82 Å². The number of piperazine rings is 1. The van der Waals surface area contributed by atoms with Crippen molar-refractivity contribution < 1.29 is 38.2 Å². The van der Waals surface area contributed by atoms with Crippen LogP contribution >= 0.6 is 0 Å². The van der Waals surface area contributed by atoms with E-state index < -0.39 is 41.6 Å². The molecule has 0 spiro atoms. The third-order valence-corrected chi connectivity index (χ3v) is 6.64. The second-order valence-electron chi connectivity index (χ2n) is 11.2. The van der Waals surface area contributed by atoms with E-state index in [4.69, 9.17) is 14.2 Å². The molecule has 244 valence electrons. The van der Waals surface area contributed by atoms with Crippen LogP contribution in [0.3, 0.4) is 0 Å². The minimum absolute atomic E-state index is 0.0379. The molecule has 4 amide bonds. The highest BCUT2D eigenvalue weighted by molar-refractivity contribution is 5.98. The number of amides is 4. The van der Waals surface area contributed by atoms with E-state index in [1.54, 1.807) is 58.9 Å². The van der Waals surface area contributed by atoms with Gasteiger partial charge in [0.25, 0.3) is 5.91 Å². The van der Waals surface area contributed by atoms with Crippen LogP contribution in [-0.4, -0.2) is 108 Å². The number of carbonyl (C=O) groups is 5. The lowest BCUT2D eigenvalue weighted by Gasteiger charge is -2.36. The molecule has 0 radical (unpaired) electrons.